The Kier molecular flexibility index (Phi) is 12.1. The van der Waals surface area contributed by atoms with E-state index in [4.69, 9.17) is 4.74 Å². The van der Waals surface area contributed by atoms with Crippen molar-refractivity contribution in [3.63, 3.8) is 0 Å². The molecule has 194 valence electrons. The van der Waals surface area contributed by atoms with Crippen molar-refractivity contribution in [2.45, 2.75) is 110 Å². The van der Waals surface area contributed by atoms with Crippen LogP contribution in [0.5, 0.6) is 5.75 Å². The van der Waals surface area contributed by atoms with Crippen molar-refractivity contribution in [1.29, 1.82) is 0 Å². The van der Waals surface area contributed by atoms with Gasteiger partial charge in [0.1, 0.15) is 0 Å². The van der Waals surface area contributed by atoms with E-state index in [0.29, 0.717) is 23.7 Å². The van der Waals surface area contributed by atoms with Gasteiger partial charge in [-0.25, -0.2) is 4.39 Å². The maximum atomic E-state index is 14.9. The van der Waals surface area contributed by atoms with Crippen LogP contribution in [0, 0.1) is 23.5 Å². The summed E-state index contributed by atoms with van der Waals surface area (Å²) >= 11 is 0. The van der Waals surface area contributed by atoms with Crippen LogP contribution in [0.3, 0.4) is 0 Å². The molecule has 1 aliphatic carbocycles. The van der Waals surface area contributed by atoms with E-state index in [2.05, 4.69) is 13.8 Å². The highest BCUT2D eigenvalue weighted by Gasteiger charge is 2.23. The summed E-state index contributed by atoms with van der Waals surface area (Å²) < 4.78 is 35.5. The summed E-state index contributed by atoms with van der Waals surface area (Å²) in [4.78, 5) is 0. The van der Waals surface area contributed by atoms with Gasteiger partial charge in [0.25, 0.3) is 0 Å². The summed E-state index contributed by atoms with van der Waals surface area (Å²) in [6.45, 7) is 4.93. The van der Waals surface area contributed by atoms with E-state index in [1.165, 1.54) is 76.2 Å². The minimum Gasteiger partial charge on any atom is -0.490 e. The molecule has 1 aliphatic rings. The Labute approximate surface area is 212 Å². The molecule has 3 rings (SSSR count). The molecule has 0 aromatic heterocycles. The highest BCUT2D eigenvalue weighted by molar-refractivity contribution is 5.65. The Morgan fingerprint density at radius 3 is 2.03 bits per heavy atom. The molecule has 0 bridgehead atoms. The first-order valence-corrected chi connectivity index (χ1v) is 14.3. The third-order valence-corrected chi connectivity index (χ3v) is 7.79. The van der Waals surface area contributed by atoms with Gasteiger partial charge in [-0.05, 0) is 60.8 Å². The lowest BCUT2D eigenvalue weighted by Gasteiger charge is -2.28. The summed E-state index contributed by atoms with van der Waals surface area (Å²) in [6.07, 6.45) is 18.8. The predicted octanol–water partition coefficient (Wildman–Crippen LogP) is 10.3. The molecule has 0 aliphatic heterocycles. The lowest BCUT2D eigenvalue weighted by atomic mass is 9.80. The van der Waals surface area contributed by atoms with Gasteiger partial charge < -0.3 is 4.74 Å². The lowest BCUT2D eigenvalue weighted by Crippen LogP contribution is -2.20. The van der Waals surface area contributed by atoms with Crippen molar-refractivity contribution in [2.24, 2.45) is 11.8 Å². The summed E-state index contributed by atoms with van der Waals surface area (Å²) in [7, 11) is 0. The zero-order chi connectivity index (χ0) is 24.9. The molecule has 1 fully saturated rings. The molecule has 0 N–H and O–H groups in total. The van der Waals surface area contributed by atoms with Crippen molar-refractivity contribution >= 4 is 0 Å². The molecule has 0 spiro atoms. The predicted molar refractivity (Wildman–Crippen MR) is 144 cm³/mol. The number of aryl methyl sites for hydroxylation is 1. The first kappa shape index (κ1) is 27.7. The van der Waals surface area contributed by atoms with E-state index in [1.54, 1.807) is 12.1 Å². The fourth-order valence-electron chi connectivity index (χ4n) is 5.40. The van der Waals surface area contributed by atoms with Crippen LogP contribution in [0.15, 0.2) is 36.4 Å². The largest absolute Gasteiger partial charge is 0.490 e. The normalized spacial score (nSPS) is 18.1. The molecule has 0 atom stereocenters. The van der Waals surface area contributed by atoms with E-state index >= 15 is 0 Å². The summed E-state index contributed by atoms with van der Waals surface area (Å²) in [5.41, 5.74) is 2.24. The van der Waals surface area contributed by atoms with Crippen LogP contribution < -0.4 is 4.74 Å². The Bertz CT molecular complexity index is 853. The van der Waals surface area contributed by atoms with Gasteiger partial charge in [-0.1, -0.05) is 109 Å². The minimum absolute atomic E-state index is 0.0386. The number of unbranched alkanes of at least 4 members (excludes halogenated alkanes) is 7. The summed E-state index contributed by atoms with van der Waals surface area (Å²) in [5.74, 6) is -0.367. The molecular formula is C32H46F2O. The first-order valence-electron chi connectivity index (χ1n) is 14.3. The molecule has 2 aromatic carbocycles. The van der Waals surface area contributed by atoms with Crippen LogP contribution in [0.25, 0.3) is 11.1 Å². The third kappa shape index (κ3) is 8.92. The highest BCUT2D eigenvalue weighted by atomic mass is 19.2. The zero-order valence-corrected chi connectivity index (χ0v) is 22.1. The fourth-order valence-corrected chi connectivity index (χ4v) is 5.40. The number of benzene rings is 2. The van der Waals surface area contributed by atoms with Crippen LogP contribution in [0.4, 0.5) is 8.78 Å². The van der Waals surface area contributed by atoms with Crippen LogP contribution in [0.1, 0.15) is 109 Å². The van der Waals surface area contributed by atoms with Crippen LogP contribution in [0.2, 0.25) is 0 Å². The molecule has 0 heterocycles. The number of halogens is 2. The average molecular weight is 485 g/mol. The molecule has 0 radical (unpaired) electrons. The standard InChI is InChI=1S/C32H46F2O/c1-3-5-7-8-9-11-13-25-14-16-27(17-15-25)24-35-30-23-22-29(31(33)32(30)34)28-20-18-26(19-21-28)12-10-6-4-2/h18-23,25,27H,3-17,24H2,1-2H3/t25-,27-. The topological polar surface area (TPSA) is 9.23 Å². The van der Waals surface area contributed by atoms with Crippen molar-refractivity contribution in [2.75, 3.05) is 6.61 Å². The van der Waals surface area contributed by atoms with E-state index in [-0.39, 0.29) is 5.75 Å². The maximum Gasteiger partial charge on any atom is 0.201 e. The molecule has 35 heavy (non-hydrogen) atoms. The summed E-state index contributed by atoms with van der Waals surface area (Å²) in [6, 6.07) is 11.1. The van der Waals surface area contributed by atoms with Crippen LogP contribution in [-0.4, -0.2) is 6.61 Å². The molecule has 1 saturated carbocycles. The number of rotatable bonds is 15. The minimum atomic E-state index is -0.869. The van der Waals surface area contributed by atoms with Crippen molar-refractivity contribution in [3.8, 4) is 16.9 Å². The average Bonchev–Trinajstić information content (AvgIpc) is 2.88. The van der Waals surface area contributed by atoms with Gasteiger partial charge in [0.15, 0.2) is 11.6 Å². The van der Waals surface area contributed by atoms with E-state index in [0.717, 1.165) is 31.6 Å². The second-order valence-corrected chi connectivity index (χ2v) is 10.6. The maximum absolute atomic E-state index is 14.9. The van der Waals surface area contributed by atoms with Gasteiger partial charge >= 0.3 is 0 Å². The van der Waals surface area contributed by atoms with Crippen molar-refractivity contribution in [1.82, 2.24) is 0 Å². The van der Waals surface area contributed by atoms with Gasteiger partial charge in [-0.3, -0.25) is 0 Å². The quantitative estimate of drug-likeness (QED) is 0.228. The Morgan fingerprint density at radius 2 is 1.31 bits per heavy atom. The van der Waals surface area contributed by atoms with Crippen molar-refractivity contribution in [3.05, 3.63) is 53.6 Å². The molecule has 0 unspecified atom stereocenters. The lowest BCUT2D eigenvalue weighted by molar-refractivity contribution is 0.172. The second kappa shape index (κ2) is 15.3. The Balaban J connectivity index is 1.43. The summed E-state index contributed by atoms with van der Waals surface area (Å²) in [5, 5.41) is 0. The highest BCUT2D eigenvalue weighted by Crippen LogP contribution is 2.34. The Hall–Kier alpha value is -1.90. The smallest absolute Gasteiger partial charge is 0.201 e. The number of hydrogen-bond acceptors (Lipinski definition) is 1. The van der Waals surface area contributed by atoms with E-state index in [9.17, 15) is 8.78 Å². The first-order chi connectivity index (χ1) is 17.1. The molecule has 1 nitrogen and oxygen atoms in total. The van der Waals surface area contributed by atoms with Crippen LogP contribution >= 0.6 is 0 Å². The molecule has 3 heteroatoms. The van der Waals surface area contributed by atoms with Gasteiger partial charge in [0.2, 0.25) is 5.82 Å². The Morgan fingerprint density at radius 1 is 0.686 bits per heavy atom. The molecule has 0 amide bonds. The third-order valence-electron chi connectivity index (χ3n) is 7.79. The van der Waals surface area contributed by atoms with Gasteiger partial charge in [-0.15, -0.1) is 0 Å². The van der Waals surface area contributed by atoms with Crippen molar-refractivity contribution < 1.29 is 13.5 Å². The van der Waals surface area contributed by atoms with Gasteiger partial charge in [0, 0.05) is 5.56 Å². The zero-order valence-electron chi connectivity index (χ0n) is 22.1. The number of hydrogen-bond donors (Lipinski definition) is 0. The monoisotopic (exact) mass is 484 g/mol. The molecular weight excluding hydrogens is 438 g/mol. The second-order valence-electron chi connectivity index (χ2n) is 10.6. The SMILES string of the molecule is CCCCCCCC[C@H]1CC[C@H](COc2ccc(-c3ccc(CCCCC)cc3)c(F)c2F)CC1. The van der Waals surface area contributed by atoms with Gasteiger partial charge in [0.05, 0.1) is 6.61 Å². The number of ether oxygens (including phenoxy) is 1. The van der Waals surface area contributed by atoms with E-state index in [1.807, 2.05) is 24.3 Å². The molecule has 0 saturated heterocycles. The van der Waals surface area contributed by atoms with Crippen LogP contribution in [-0.2, 0) is 6.42 Å². The van der Waals surface area contributed by atoms with E-state index < -0.39 is 11.6 Å². The fraction of sp³-hybridized carbons (Fsp3) is 0.625. The van der Waals surface area contributed by atoms with Gasteiger partial charge in [-0.2, -0.15) is 4.39 Å². The molecule has 2 aromatic rings.